The summed E-state index contributed by atoms with van der Waals surface area (Å²) in [5.41, 5.74) is 0.366. The van der Waals surface area contributed by atoms with Crippen LogP contribution in [0.1, 0.15) is 66.9 Å². The number of para-hydroxylation sites is 1. The first-order valence-corrected chi connectivity index (χ1v) is 13.7. The minimum absolute atomic E-state index is 0.423. The van der Waals surface area contributed by atoms with Crippen molar-refractivity contribution < 1.29 is 14.3 Å². The molecule has 0 radical (unpaired) electrons. The maximum Gasteiger partial charge on any atom is 0.419 e. The molecular weight excluding hydrogens is 464 g/mol. The van der Waals surface area contributed by atoms with Gasteiger partial charge in [0.2, 0.25) is 0 Å². The van der Waals surface area contributed by atoms with Gasteiger partial charge >= 0.3 is 12.1 Å². The highest BCUT2D eigenvalue weighted by Crippen LogP contribution is 2.46. The van der Waals surface area contributed by atoms with Crippen LogP contribution in [0.5, 0.6) is 0 Å². The van der Waals surface area contributed by atoms with E-state index in [1.807, 2.05) is 84.9 Å². The number of cyclic esters (lactones) is 1. The van der Waals surface area contributed by atoms with E-state index in [-0.39, 0.29) is 0 Å². The summed E-state index contributed by atoms with van der Waals surface area (Å²) >= 11 is 0. The van der Waals surface area contributed by atoms with E-state index in [4.69, 9.17) is 4.74 Å². The van der Waals surface area contributed by atoms with Crippen molar-refractivity contribution in [3.8, 4) is 0 Å². The number of hydrogen-bond donors (Lipinski definition) is 2. The van der Waals surface area contributed by atoms with Crippen LogP contribution in [-0.4, -0.2) is 54.8 Å². The molecule has 0 spiro atoms. The van der Waals surface area contributed by atoms with Gasteiger partial charge in [0.25, 0.3) is 0 Å². The lowest BCUT2D eigenvalue weighted by Crippen LogP contribution is -2.56. The van der Waals surface area contributed by atoms with Crippen LogP contribution in [-0.2, 0) is 10.3 Å². The van der Waals surface area contributed by atoms with Crippen LogP contribution in [0.4, 0.5) is 15.3 Å². The Morgan fingerprint density at radius 1 is 0.892 bits per heavy atom. The molecule has 2 heterocycles. The number of rotatable bonds is 6. The molecule has 1 atom stereocenters. The van der Waals surface area contributed by atoms with E-state index in [1.165, 1.54) is 10.6 Å². The van der Waals surface area contributed by atoms with E-state index in [2.05, 4.69) is 39.8 Å². The Kier molecular flexibility index (Phi) is 11.4. The van der Waals surface area contributed by atoms with Crippen molar-refractivity contribution >= 4 is 17.8 Å². The SMILES string of the molecule is CC.CC.CC1(C)OC(=O)N(C(=O)NCCNC2CCN(c3ccccc3)CC2)[C@@]1(C)c1ccccc1. The number of imide groups is 1. The van der Waals surface area contributed by atoms with Crippen LogP contribution in [0.25, 0.3) is 0 Å². The van der Waals surface area contributed by atoms with Gasteiger partial charge < -0.3 is 20.3 Å². The molecule has 2 aliphatic rings. The summed E-state index contributed by atoms with van der Waals surface area (Å²) in [6.45, 7) is 16.7. The number of nitrogens with one attached hydrogen (secondary N) is 2. The van der Waals surface area contributed by atoms with E-state index in [0.29, 0.717) is 19.1 Å². The molecule has 0 bridgehead atoms. The molecule has 3 amide bonds. The Balaban J connectivity index is 0.00000115. The van der Waals surface area contributed by atoms with Gasteiger partial charge in [-0.2, -0.15) is 0 Å². The molecule has 2 aromatic carbocycles. The summed E-state index contributed by atoms with van der Waals surface area (Å²) in [5.74, 6) is 0. The van der Waals surface area contributed by atoms with Crippen molar-refractivity contribution in [3.05, 3.63) is 66.2 Å². The minimum atomic E-state index is -0.910. The van der Waals surface area contributed by atoms with Gasteiger partial charge in [-0.05, 0) is 51.3 Å². The molecule has 37 heavy (non-hydrogen) atoms. The fourth-order valence-electron chi connectivity index (χ4n) is 4.85. The largest absolute Gasteiger partial charge is 0.440 e. The third-order valence-electron chi connectivity index (χ3n) is 7.13. The Morgan fingerprint density at radius 2 is 1.43 bits per heavy atom. The fourth-order valence-corrected chi connectivity index (χ4v) is 4.85. The lowest BCUT2D eigenvalue weighted by molar-refractivity contribution is 0.0272. The van der Waals surface area contributed by atoms with Crippen LogP contribution < -0.4 is 15.5 Å². The van der Waals surface area contributed by atoms with Crippen molar-refractivity contribution in [2.75, 3.05) is 31.1 Å². The predicted octanol–water partition coefficient (Wildman–Crippen LogP) is 6.15. The fraction of sp³-hybridized carbons (Fsp3) is 0.533. The highest BCUT2D eigenvalue weighted by Gasteiger charge is 2.60. The molecule has 2 fully saturated rings. The second kappa shape index (κ2) is 14.0. The Hall–Kier alpha value is -3.06. The molecule has 204 valence electrons. The van der Waals surface area contributed by atoms with Crippen LogP contribution in [0, 0.1) is 0 Å². The van der Waals surface area contributed by atoms with Crippen molar-refractivity contribution in [1.29, 1.82) is 0 Å². The quantitative estimate of drug-likeness (QED) is 0.456. The predicted molar refractivity (Wildman–Crippen MR) is 152 cm³/mol. The number of carbonyl (C=O) groups is 2. The molecule has 0 saturated carbocycles. The molecule has 2 N–H and O–H groups in total. The van der Waals surface area contributed by atoms with Crippen molar-refractivity contribution in [2.24, 2.45) is 0 Å². The molecule has 0 aromatic heterocycles. The van der Waals surface area contributed by atoms with Gasteiger partial charge in [-0.3, -0.25) is 0 Å². The van der Waals surface area contributed by atoms with Gasteiger partial charge in [-0.1, -0.05) is 76.2 Å². The van der Waals surface area contributed by atoms with Crippen LogP contribution in [0.2, 0.25) is 0 Å². The first-order valence-electron chi connectivity index (χ1n) is 13.7. The average molecular weight is 511 g/mol. The topological polar surface area (TPSA) is 73.9 Å². The smallest absolute Gasteiger partial charge is 0.419 e. The Bertz CT molecular complexity index is 959. The highest BCUT2D eigenvalue weighted by molar-refractivity contribution is 5.94. The standard InChI is InChI=1S/C26H34N4O3.2C2H6/c1-25(2)26(3,20-10-6-4-7-11-20)30(24(32)33-25)23(31)28-17-16-27-21-14-18-29(19-15-21)22-12-8-5-9-13-22;2*1-2/h4-13,21,27H,14-19H2,1-3H3,(H,28,31);2*1-2H3/t26-;;/m0../s1. The number of urea groups is 1. The number of nitrogens with zero attached hydrogens (tertiary/aromatic N) is 2. The third kappa shape index (κ3) is 6.83. The van der Waals surface area contributed by atoms with Gasteiger partial charge in [-0.15, -0.1) is 0 Å². The van der Waals surface area contributed by atoms with E-state index in [0.717, 1.165) is 31.5 Å². The second-order valence-electron chi connectivity index (χ2n) is 9.43. The summed E-state index contributed by atoms with van der Waals surface area (Å²) in [6.07, 6.45) is 1.49. The van der Waals surface area contributed by atoms with Crippen molar-refractivity contribution in [3.63, 3.8) is 0 Å². The van der Waals surface area contributed by atoms with E-state index in [1.54, 1.807) is 0 Å². The van der Waals surface area contributed by atoms with Gasteiger partial charge in [0.05, 0.1) is 0 Å². The van der Waals surface area contributed by atoms with Crippen LogP contribution in [0.3, 0.4) is 0 Å². The first kappa shape index (κ1) is 30.2. The zero-order chi connectivity index (χ0) is 27.5. The van der Waals surface area contributed by atoms with Gasteiger partial charge in [0.15, 0.2) is 0 Å². The second-order valence-corrected chi connectivity index (χ2v) is 9.43. The number of carbonyl (C=O) groups excluding carboxylic acids is 2. The molecule has 4 rings (SSSR count). The summed E-state index contributed by atoms with van der Waals surface area (Å²) < 4.78 is 5.61. The molecule has 7 heteroatoms. The van der Waals surface area contributed by atoms with Gasteiger partial charge in [0.1, 0.15) is 11.1 Å². The number of benzene rings is 2. The molecule has 7 nitrogen and oxygen atoms in total. The van der Waals surface area contributed by atoms with Crippen LogP contribution in [0.15, 0.2) is 60.7 Å². The zero-order valence-electron chi connectivity index (χ0n) is 23.7. The molecule has 2 aliphatic heterocycles. The van der Waals surface area contributed by atoms with E-state index >= 15 is 0 Å². The summed E-state index contributed by atoms with van der Waals surface area (Å²) in [6, 6.07) is 20.0. The number of piperidine rings is 1. The number of amides is 3. The molecular formula is C30H46N4O3. The molecule has 0 aliphatic carbocycles. The summed E-state index contributed by atoms with van der Waals surface area (Å²) in [4.78, 5) is 29.4. The molecule has 2 aromatic rings. The minimum Gasteiger partial charge on any atom is -0.440 e. The summed E-state index contributed by atoms with van der Waals surface area (Å²) in [5, 5.41) is 6.45. The lowest BCUT2D eigenvalue weighted by Gasteiger charge is -2.39. The average Bonchev–Trinajstić information content (AvgIpc) is 3.13. The number of anilines is 1. The Morgan fingerprint density at radius 3 is 2.00 bits per heavy atom. The summed E-state index contributed by atoms with van der Waals surface area (Å²) in [7, 11) is 0. The molecule has 2 saturated heterocycles. The highest BCUT2D eigenvalue weighted by atomic mass is 16.6. The zero-order valence-corrected chi connectivity index (χ0v) is 23.7. The van der Waals surface area contributed by atoms with Crippen molar-refractivity contribution in [1.82, 2.24) is 15.5 Å². The third-order valence-corrected chi connectivity index (χ3v) is 7.13. The van der Waals surface area contributed by atoms with Crippen molar-refractivity contribution in [2.45, 2.75) is 78.5 Å². The van der Waals surface area contributed by atoms with Gasteiger partial charge in [0, 0.05) is 37.9 Å². The Labute approximate surface area is 223 Å². The number of ether oxygens (including phenoxy) is 1. The maximum atomic E-state index is 13.1. The van der Waals surface area contributed by atoms with E-state index < -0.39 is 23.3 Å². The lowest BCUT2D eigenvalue weighted by atomic mass is 9.78. The monoisotopic (exact) mass is 510 g/mol. The number of hydrogen-bond acceptors (Lipinski definition) is 5. The molecule has 0 unspecified atom stereocenters. The normalized spacial score (nSPS) is 20.7. The van der Waals surface area contributed by atoms with Gasteiger partial charge in [-0.25, -0.2) is 14.5 Å². The maximum absolute atomic E-state index is 13.1. The van der Waals surface area contributed by atoms with E-state index in [9.17, 15) is 9.59 Å². The first-order chi connectivity index (χ1) is 17.8. The van der Waals surface area contributed by atoms with Crippen LogP contribution >= 0.6 is 0 Å².